The van der Waals surface area contributed by atoms with Gasteiger partial charge >= 0.3 is 5.97 Å². The van der Waals surface area contributed by atoms with Crippen LogP contribution in [0.3, 0.4) is 0 Å². The highest BCUT2D eigenvalue weighted by molar-refractivity contribution is 5.70. The number of carbonyl (C=O) groups excluding carboxylic acids is 1. The number of nitrogens with two attached hydrogens (primary N) is 2. The van der Waals surface area contributed by atoms with Crippen LogP contribution in [0, 0.1) is 0 Å². The van der Waals surface area contributed by atoms with E-state index in [0.717, 1.165) is 0 Å². The van der Waals surface area contributed by atoms with Gasteiger partial charge in [0.15, 0.2) is 0 Å². The lowest BCUT2D eigenvalue weighted by Crippen LogP contribution is -2.22. The molecule has 0 aliphatic rings. The molecule has 1 aromatic carbocycles. The van der Waals surface area contributed by atoms with Gasteiger partial charge in [-0.05, 0) is 17.7 Å². The predicted molar refractivity (Wildman–Crippen MR) is 62.9 cm³/mol. The number of esters is 1. The first-order valence-corrected chi connectivity index (χ1v) is 5.03. The summed E-state index contributed by atoms with van der Waals surface area (Å²) >= 11 is 0. The SMILES string of the molecule is COC(=O)CC(O)C(O)c1ccc(N)c(N)c1. The van der Waals surface area contributed by atoms with E-state index in [-0.39, 0.29) is 6.42 Å². The number of anilines is 2. The fraction of sp³-hybridized carbons (Fsp3) is 0.364. The van der Waals surface area contributed by atoms with Crippen molar-refractivity contribution in [1.82, 2.24) is 0 Å². The van der Waals surface area contributed by atoms with Gasteiger partial charge in [0.1, 0.15) is 6.10 Å². The number of benzene rings is 1. The molecule has 0 saturated heterocycles. The van der Waals surface area contributed by atoms with Crippen molar-refractivity contribution in [1.29, 1.82) is 0 Å². The lowest BCUT2D eigenvalue weighted by molar-refractivity contribution is -0.144. The Morgan fingerprint density at radius 1 is 1.35 bits per heavy atom. The zero-order chi connectivity index (χ0) is 13.0. The number of hydrogen-bond donors (Lipinski definition) is 4. The minimum atomic E-state index is -1.24. The molecule has 0 fully saturated rings. The van der Waals surface area contributed by atoms with Crippen LogP contribution in [0.15, 0.2) is 18.2 Å². The second kappa shape index (κ2) is 5.51. The third kappa shape index (κ3) is 3.33. The topological polar surface area (TPSA) is 119 Å². The number of aliphatic hydroxyl groups excluding tert-OH is 2. The van der Waals surface area contributed by atoms with Crippen molar-refractivity contribution < 1.29 is 19.7 Å². The molecule has 0 radical (unpaired) electrons. The van der Waals surface area contributed by atoms with Gasteiger partial charge in [-0.15, -0.1) is 0 Å². The monoisotopic (exact) mass is 240 g/mol. The van der Waals surface area contributed by atoms with Crippen molar-refractivity contribution in [2.75, 3.05) is 18.6 Å². The summed E-state index contributed by atoms with van der Waals surface area (Å²) in [5.41, 5.74) is 12.2. The molecule has 0 spiro atoms. The average molecular weight is 240 g/mol. The molecule has 6 nitrogen and oxygen atoms in total. The van der Waals surface area contributed by atoms with E-state index in [9.17, 15) is 15.0 Å². The Morgan fingerprint density at radius 2 is 2.00 bits per heavy atom. The third-order valence-electron chi connectivity index (χ3n) is 2.42. The van der Waals surface area contributed by atoms with E-state index in [1.807, 2.05) is 0 Å². The largest absolute Gasteiger partial charge is 0.469 e. The summed E-state index contributed by atoms with van der Waals surface area (Å²) < 4.78 is 4.40. The van der Waals surface area contributed by atoms with Crippen molar-refractivity contribution in [2.24, 2.45) is 0 Å². The molecule has 0 aromatic heterocycles. The Hall–Kier alpha value is -1.79. The lowest BCUT2D eigenvalue weighted by atomic mass is 10.0. The number of ether oxygens (including phenoxy) is 1. The number of methoxy groups -OCH3 is 1. The summed E-state index contributed by atoms with van der Waals surface area (Å²) in [4.78, 5) is 10.9. The van der Waals surface area contributed by atoms with E-state index < -0.39 is 18.2 Å². The van der Waals surface area contributed by atoms with Crippen LogP contribution in [0.2, 0.25) is 0 Å². The van der Waals surface area contributed by atoms with Gasteiger partial charge in [0.2, 0.25) is 0 Å². The molecule has 1 rings (SSSR count). The van der Waals surface area contributed by atoms with Gasteiger partial charge in [0.25, 0.3) is 0 Å². The van der Waals surface area contributed by atoms with Crippen LogP contribution in [0.25, 0.3) is 0 Å². The molecule has 1 aromatic rings. The molecule has 0 bridgehead atoms. The van der Waals surface area contributed by atoms with Crippen LogP contribution < -0.4 is 11.5 Å². The van der Waals surface area contributed by atoms with Crippen molar-refractivity contribution in [2.45, 2.75) is 18.6 Å². The third-order valence-corrected chi connectivity index (χ3v) is 2.42. The smallest absolute Gasteiger partial charge is 0.308 e. The molecule has 0 aliphatic carbocycles. The molecule has 6 N–H and O–H groups in total. The predicted octanol–water partition coefficient (Wildman–Crippen LogP) is -0.192. The van der Waals surface area contributed by atoms with Crippen molar-refractivity contribution in [3.63, 3.8) is 0 Å². The summed E-state index contributed by atoms with van der Waals surface area (Å²) in [7, 11) is 1.21. The molecule has 2 atom stereocenters. The standard InChI is InChI=1S/C11H16N2O4/c1-17-10(15)5-9(14)11(16)6-2-3-7(12)8(13)4-6/h2-4,9,11,14,16H,5,12-13H2,1H3. The van der Waals surface area contributed by atoms with Crippen LogP contribution in [0.5, 0.6) is 0 Å². The Kier molecular flexibility index (Phi) is 4.30. The highest BCUT2D eigenvalue weighted by Gasteiger charge is 2.22. The van der Waals surface area contributed by atoms with Crippen LogP contribution in [-0.4, -0.2) is 29.4 Å². The maximum atomic E-state index is 10.9. The number of aliphatic hydroxyl groups is 2. The second-order valence-electron chi connectivity index (χ2n) is 3.68. The molecule has 0 saturated carbocycles. The van der Waals surface area contributed by atoms with Gasteiger partial charge in [-0.1, -0.05) is 6.07 Å². The number of carbonyl (C=O) groups is 1. The average Bonchev–Trinajstić information content (AvgIpc) is 2.31. The Bertz CT molecular complexity index is 408. The van der Waals surface area contributed by atoms with E-state index >= 15 is 0 Å². The molecule has 0 amide bonds. The molecule has 0 heterocycles. The number of nitrogen functional groups attached to an aromatic ring is 2. The van der Waals surface area contributed by atoms with Crippen LogP contribution in [0.4, 0.5) is 11.4 Å². The molecule has 17 heavy (non-hydrogen) atoms. The molecule has 2 unspecified atom stereocenters. The van der Waals surface area contributed by atoms with Crippen LogP contribution >= 0.6 is 0 Å². The van der Waals surface area contributed by atoms with Gasteiger partial charge in [0.05, 0.1) is 31.0 Å². The van der Waals surface area contributed by atoms with E-state index in [4.69, 9.17) is 11.5 Å². The Labute approximate surface area is 98.8 Å². The quantitative estimate of drug-likeness (QED) is 0.428. The molecule has 6 heteroatoms. The molecule has 0 aliphatic heterocycles. The molecular formula is C11H16N2O4. The first-order chi connectivity index (χ1) is 7.95. The summed E-state index contributed by atoms with van der Waals surface area (Å²) in [5, 5.41) is 19.4. The van der Waals surface area contributed by atoms with E-state index in [2.05, 4.69) is 4.74 Å². The Balaban J connectivity index is 2.77. The zero-order valence-corrected chi connectivity index (χ0v) is 9.46. The Morgan fingerprint density at radius 3 is 2.53 bits per heavy atom. The maximum Gasteiger partial charge on any atom is 0.308 e. The maximum absolute atomic E-state index is 10.9. The van der Waals surface area contributed by atoms with Crippen molar-refractivity contribution in [3.8, 4) is 0 Å². The summed E-state index contributed by atoms with van der Waals surface area (Å²) in [6.45, 7) is 0. The fourth-order valence-corrected chi connectivity index (χ4v) is 1.37. The highest BCUT2D eigenvalue weighted by Crippen LogP contribution is 2.24. The molecular weight excluding hydrogens is 224 g/mol. The zero-order valence-electron chi connectivity index (χ0n) is 9.46. The number of rotatable bonds is 4. The van der Waals surface area contributed by atoms with Gasteiger partial charge in [-0.2, -0.15) is 0 Å². The summed E-state index contributed by atoms with van der Waals surface area (Å²) in [6, 6.07) is 4.52. The second-order valence-corrected chi connectivity index (χ2v) is 3.68. The van der Waals surface area contributed by atoms with E-state index in [1.165, 1.54) is 25.3 Å². The first kappa shape index (κ1) is 13.3. The van der Waals surface area contributed by atoms with Crippen molar-refractivity contribution >= 4 is 17.3 Å². The van der Waals surface area contributed by atoms with Gasteiger partial charge in [-0.3, -0.25) is 4.79 Å². The van der Waals surface area contributed by atoms with Gasteiger partial charge in [0, 0.05) is 0 Å². The minimum Gasteiger partial charge on any atom is -0.469 e. The summed E-state index contributed by atoms with van der Waals surface area (Å²) in [5.74, 6) is -0.597. The van der Waals surface area contributed by atoms with E-state index in [0.29, 0.717) is 16.9 Å². The summed E-state index contributed by atoms with van der Waals surface area (Å²) in [6.07, 6.45) is -2.75. The van der Waals surface area contributed by atoms with Crippen LogP contribution in [0.1, 0.15) is 18.1 Å². The van der Waals surface area contributed by atoms with Crippen molar-refractivity contribution in [3.05, 3.63) is 23.8 Å². The molecule has 94 valence electrons. The van der Waals surface area contributed by atoms with Gasteiger partial charge < -0.3 is 26.4 Å². The lowest BCUT2D eigenvalue weighted by Gasteiger charge is -2.17. The normalized spacial score (nSPS) is 14.1. The van der Waals surface area contributed by atoms with Crippen LogP contribution in [-0.2, 0) is 9.53 Å². The number of hydrogen-bond acceptors (Lipinski definition) is 6. The fourth-order valence-electron chi connectivity index (χ4n) is 1.37. The van der Waals surface area contributed by atoms with E-state index in [1.54, 1.807) is 0 Å². The van der Waals surface area contributed by atoms with Gasteiger partial charge in [-0.25, -0.2) is 0 Å². The highest BCUT2D eigenvalue weighted by atomic mass is 16.5. The minimum absolute atomic E-state index is 0.290. The first-order valence-electron chi connectivity index (χ1n) is 5.03.